The highest BCUT2D eigenvalue weighted by atomic mass is 35.5. The molecule has 0 saturated heterocycles. The van der Waals surface area contributed by atoms with E-state index in [1.165, 1.54) is 24.1 Å². The zero-order chi connectivity index (χ0) is 22.2. The lowest BCUT2D eigenvalue weighted by atomic mass is 9.78. The van der Waals surface area contributed by atoms with Crippen molar-refractivity contribution in [2.24, 2.45) is 11.7 Å². The Morgan fingerprint density at radius 2 is 1.90 bits per heavy atom. The zero-order valence-electron chi connectivity index (χ0n) is 17.1. The number of H-pyrrole nitrogens is 1. The number of nitrogens with two attached hydrogens (primary N) is 1. The average molecular weight is 455 g/mol. The molecular weight excluding hydrogens is 429 g/mol. The van der Waals surface area contributed by atoms with E-state index in [4.69, 9.17) is 17.3 Å². The van der Waals surface area contributed by atoms with Gasteiger partial charge in [-0.1, -0.05) is 11.6 Å². The van der Waals surface area contributed by atoms with Crippen LogP contribution in [-0.2, 0) is 19.0 Å². The molecule has 0 radical (unpaired) electrons. The SMILES string of the molecule is NC(=O)c1cc(C(F)(F)F)cc(C2CCC(CNc3n[nH]c4c3CCCC4)CC2)c1Cl. The maximum atomic E-state index is 13.3. The molecule has 4 N–H and O–H groups in total. The summed E-state index contributed by atoms with van der Waals surface area (Å²) in [7, 11) is 0. The summed E-state index contributed by atoms with van der Waals surface area (Å²) in [5.74, 6) is 0.274. The van der Waals surface area contributed by atoms with Crippen LogP contribution in [-0.4, -0.2) is 22.6 Å². The first-order valence-corrected chi connectivity index (χ1v) is 11.1. The lowest BCUT2D eigenvalue weighted by molar-refractivity contribution is -0.137. The fraction of sp³-hybridized carbons (Fsp3) is 0.545. The van der Waals surface area contributed by atoms with Gasteiger partial charge in [0, 0.05) is 17.8 Å². The van der Waals surface area contributed by atoms with Crippen molar-refractivity contribution in [3.8, 4) is 0 Å². The summed E-state index contributed by atoms with van der Waals surface area (Å²) in [6.45, 7) is 0.785. The van der Waals surface area contributed by atoms with Gasteiger partial charge in [-0.05, 0) is 80.9 Å². The van der Waals surface area contributed by atoms with Crippen LogP contribution >= 0.6 is 11.6 Å². The summed E-state index contributed by atoms with van der Waals surface area (Å²) >= 11 is 6.30. The lowest BCUT2D eigenvalue weighted by Gasteiger charge is -2.30. The smallest absolute Gasteiger partial charge is 0.368 e. The summed E-state index contributed by atoms with van der Waals surface area (Å²) < 4.78 is 39.9. The number of fused-ring (bicyclic) bond motifs is 1. The second-order valence-corrected chi connectivity index (χ2v) is 9.00. The lowest BCUT2D eigenvalue weighted by Crippen LogP contribution is -2.22. The number of carbonyl (C=O) groups excluding carboxylic acids is 1. The molecule has 1 aromatic carbocycles. The number of aromatic nitrogens is 2. The quantitative estimate of drug-likeness (QED) is 0.562. The molecule has 168 valence electrons. The van der Waals surface area contributed by atoms with Crippen molar-refractivity contribution in [1.82, 2.24) is 10.2 Å². The minimum Gasteiger partial charge on any atom is -0.368 e. The average Bonchev–Trinajstić information content (AvgIpc) is 3.15. The first-order chi connectivity index (χ1) is 14.7. The van der Waals surface area contributed by atoms with Crippen LogP contribution in [0.1, 0.15) is 77.2 Å². The fourth-order valence-electron chi connectivity index (χ4n) is 4.83. The zero-order valence-corrected chi connectivity index (χ0v) is 17.9. The Morgan fingerprint density at radius 3 is 2.58 bits per heavy atom. The maximum Gasteiger partial charge on any atom is 0.416 e. The van der Waals surface area contributed by atoms with Gasteiger partial charge < -0.3 is 11.1 Å². The van der Waals surface area contributed by atoms with Gasteiger partial charge in [-0.25, -0.2) is 0 Å². The Hall–Kier alpha value is -2.22. The van der Waals surface area contributed by atoms with Gasteiger partial charge >= 0.3 is 6.18 Å². The topological polar surface area (TPSA) is 83.8 Å². The number of amides is 1. The molecule has 9 heteroatoms. The molecule has 1 heterocycles. The second kappa shape index (κ2) is 8.73. The van der Waals surface area contributed by atoms with E-state index in [-0.39, 0.29) is 16.5 Å². The van der Waals surface area contributed by atoms with E-state index in [0.29, 0.717) is 24.3 Å². The third-order valence-corrected chi connectivity index (χ3v) is 7.02. The predicted octanol–water partition coefficient (Wildman–Crippen LogP) is 5.45. The van der Waals surface area contributed by atoms with Gasteiger partial charge in [0.15, 0.2) is 5.82 Å². The molecule has 31 heavy (non-hydrogen) atoms. The van der Waals surface area contributed by atoms with E-state index >= 15 is 0 Å². The number of nitrogens with zero attached hydrogens (tertiary/aromatic N) is 1. The fourth-order valence-corrected chi connectivity index (χ4v) is 5.19. The number of hydrogen-bond acceptors (Lipinski definition) is 3. The number of anilines is 1. The Morgan fingerprint density at radius 1 is 1.19 bits per heavy atom. The van der Waals surface area contributed by atoms with Crippen molar-refractivity contribution in [3.63, 3.8) is 0 Å². The van der Waals surface area contributed by atoms with Crippen LogP contribution in [0, 0.1) is 5.92 Å². The van der Waals surface area contributed by atoms with Crippen LogP contribution < -0.4 is 11.1 Å². The van der Waals surface area contributed by atoms with Crippen molar-refractivity contribution >= 4 is 23.3 Å². The summed E-state index contributed by atoms with van der Waals surface area (Å²) in [6, 6.07) is 1.82. The van der Waals surface area contributed by atoms with E-state index in [2.05, 4.69) is 15.5 Å². The number of nitrogens with one attached hydrogen (secondary N) is 2. The maximum absolute atomic E-state index is 13.3. The van der Waals surface area contributed by atoms with E-state index < -0.39 is 17.6 Å². The summed E-state index contributed by atoms with van der Waals surface area (Å²) in [6.07, 6.45) is 3.04. The molecule has 0 spiro atoms. The normalized spacial score (nSPS) is 21.5. The van der Waals surface area contributed by atoms with Gasteiger partial charge in [-0.2, -0.15) is 18.3 Å². The molecule has 0 atom stereocenters. The molecule has 1 fully saturated rings. The standard InChI is InChI=1S/C22H26ClF3N4O/c23-19-16(9-14(22(24,25)26)10-17(19)20(27)31)13-7-5-12(6-8-13)11-28-21-15-3-1-2-4-18(15)29-30-21/h9-10,12-13H,1-8,11H2,(H2,27,31)(H2,28,29,30). The number of primary amides is 1. The molecule has 1 amide bonds. The van der Waals surface area contributed by atoms with Crippen molar-refractivity contribution in [2.75, 3.05) is 11.9 Å². The largest absolute Gasteiger partial charge is 0.416 e. The molecular formula is C22H26ClF3N4O. The minimum absolute atomic E-state index is 0.0465. The van der Waals surface area contributed by atoms with Crippen molar-refractivity contribution in [2.45, 2.75) is 63.5 Å². The Bertz CT molecular complexity index is 964. The number of aromatic amines is 1. The molecule has 1 aromatic heterocycles. The number of hydrogen-bond donors (Lipinski definition) is 3. The molecule has 5 nitrogen and oxygen atoms in total. The highest BCUT2D eigenvalue weighted by Crippen LogP contribution is 2.42. The summed E-state index contributed by atoms with van der Waals surface area (Å²) in [4.78, 5) is 11.6. The van der Waals surface area contributed by atoms with Gasteiger partial charge in [0.25, 0.3) is 0 Å². The molecule has 0 aliphatic heterocycles. The van der Waals surface area contributed by atoms with Gasteiger partial charge in [0.05, 0.1) is 16.1 Å². The second-order valence-electron chi connectivity index (χ2n) is 8.62. The molecule has 0 bridgehead atoms. The monoisotopic (exact) mass is 454 g/mol. The van der Waals surface area contributed by atoms with E-state index in [0.717, 1.165) is 50.2 Å². The Kier molecular flexibility index (Phi) is 6.19. The minimum atomic E-state index is -4.56. The van der Waals surface area contributed by atoms with E-state index in [1.807, 2.05) is 0 Å². The summed E-state index contributed by atoms with van der Waals surface area (Å²) in [5.41, 5.74) is 7.01. The third kappa shape index (κ3) is 4.68. The van der Waals surface area contributed by atoms with Gasteiger partial charge in [-0.15, -0.1) is 0 Å². The number of halogens is 4. The molecule has 4 rings (SSSR count). The van der Waals surface area contributed by atoms with Gasteiger partial charge in [0.2, 0.25) is 5.91 Å². The highest BCUT2D eigenvalue weighted by molar-refractivity contribution is 6.34. The Balaban J connectivity index is 1.42. The van der Waals surface area contributed by atoms with Crippen LogP contribution in [0.3, 0.4) is 0 Å². The number of benzene rings is 1. The number of alkyl halides is 3. The molecule has 2 aliphatic carbocycles. The third-order valence-electron chi connectivity index (χ3n) is 6.59. The first kappa shape index (κ1) is 22.0. The molecule has 1 saturated carbocycles. The van der Waals surface area contributed by atoms with Crippen LogP contribution in [0.5, 0.6) is 0 Å². The van der Waals surface area contributed by atoms with Crippen LogP contribution in [0.15, 0.2) is 12.1 Å². The predicted molar refractivity (Wildman–Crippen MR) is 113 cm³/mol. The van der Waals surface area contributed by atoms with Crippen LogP contribution in [0.25, 0.3) is 0 Å². The number of carbonyl (C=O) groups is 1. The van der Waals surface area contributed by atoms with E-state index in [1.54, 1.807) is 0 Å². The first-order valence-electron chi connectivity index (χ1n) is 10.7. The number of aryl methyl sites for hydroxylation is 1. The Labute approximate surface area is 183 Å². The van der Waals surface area contributed by atoms with Gasteiger partial charge in [-0.3, -0.25) is 9.89 Å². The van der Waals surface area contributed by atoms with Crippen molar-refractivity contribution in [1.29, 1.82) is 0 Å². The highest BCUT2D eigenvalue weighted by Gasteiger charge is 2.34. The summed E-state index contributed by atoms with van der Waals surface area (Å²) in [5, 5.41) is 11.0. The van der Waals surface area contributed by atoms with Crippen molar-refractivity contribution in [3.05, 3.63) is 45.1 Å². The molecule has 0 unspecified atom stereocenters. The van der Waals surface area contributed by atoms with Crippen LogP contribution in [0.2, 0.25) is 5.02 Å². The molecule has 2 aromatic rings. The van der Waals surface area contributed by atoms with Crippen LogP contribution in [0.4, 0.5) is 19.0 Å². The molecule has 2 aliphatic rings. The number of rotatable bonds is 5. The van der Waals surface area contributed by atoms with Crippen molar-refractivity contribution < 1.29 is 18.0 Å². The van der Waals surface area contributed by atoms with E-state index in [9.17, 15) is 18.0 Å². The van der Waals surface area contributed by atoms with Gasteiger partial charge in [0.1, 0.15) is 0 Å².